The Morgan fingerprint density at radius 1 is 1.27 bits per heavy atom. The second kappa shape index (κ2) is 7.85. The molecule has 0 saturated heterocycles. The predicted molar refractivity (Wildman–Crippen MR) is 62.3 cm³/mol. The summed E-state index contributed by atoms with van der Waals surface area (Å²) in [6.45, 7) is 6.10. The minimum absolute atomic E-state index is 0.183. The fraction of sp³-hybridized carbons (Fsp3) is 0.417. The van der Waals surface area contributed by atoms with Crippen LogP contribution in [0, 0.1) is 0 Å². The van der Waals surface area contributed by atoms with Gasteiger partial charge in [0, 0.05) is 12.1 Å². The number of hydrogen-bond donors (Lipinski definition) is 1. The van der Waals surface area contributed by atoms with Crippen molar-refractivity contribution >= 4 is 11.7 Å². The van der Waals surface area contributed by atoms with Crippen LogP contribution in [0.2, 0.25) is 0 Å². The lowest BCUT2D eigenvalue weighted by Crippen LogP contribution is -2.02. The van der Waals surface area contributed by atoms with Gasteiger partial charge >= 0.3 is 5.97 Å². The van der Waals surface area contributed by atoms with Crippen LogP contribution in [-0.2, 0) is 16.1 Å². The lowest BCUT2D eigenvalue weighted by molar-refractivity contribution is -0.144. The number of rotatable bonds is 3. The van der Waals surface area contributed by atoms with Crippen molar-refractivity contribution in [3.8, 4) is 0 Å². The van der Waals surface area contributed by atoms with Crippen molar-refractivity contribution in [2.75, 3.05) is 5.73 Å². The van der Waals surface area contributed by atoms with Crippen LogP contribution in [0.5, 0.6) is 0 Å². The number of hydrogen-bond acceptors (Lipinski definition) is 3. The second-order valence-corrected chi connectivity index (χ2v) is 2.76. The van der Waals surface area contributed by atoms with Gasteiger partial charge < -0.3 is 10.5 Å². The van der Waals surface area contributed by atoms with Crippen molar-refractivity contribution in [2.24, 2.45) is 0 Å². The zero-order valence-electron chi connectivity index (χ0n) is 9.62. The molecular weight excluding hydrogens is 190 g/mol. The van der Waals surface area contributed by atoms with E-state index in [4.69, 9.17) is 10.5 Å². The lowest BCUT2D eigenvalue weighted by atomic mass is 10.2. The molecule has 0 amide bonds. The Morgan fingerprint density at radius 3 is 2.27 bits per heavy atom. The Morgan fingerprint density at radius 2 is 1.80 bits per heavy atom. The Kier molecular flexibility index (Phi) is 7.06. The van der Waals surface area contributed by atoms with E-state index in [0.717, 1.165) is 5.56 Å². The number of carbonyl (C=O) groups is 1. The van der Waals surface area contributed by atoms with Crippen LogP contribution >= 0.6 is 0 Å². The number of nitrogen functional groups attached to an aromatic ring is 1. The van der Waals surface area contributed by atoms with Crippen molar-refractivity contribution in [2.45, 2.75) is 33.8 Å². The molecule has 0 radical (unpaired) electrons. The van der Waals surface area contributed by atoms with E-state index in [-0.39, 0.29) is 5.97 Å². The highest BCUT2D eigenvalue weighted by atomic mass is 16.5. The maximum atomic E-state index is 10.8. The van der Waals surface area contributed by atoms with Crippen LogP contribution < -0.4 is 5.73 Å². The van der Waals surface area contributed by atoms with Crippen LogP contribution in [0.1, 0.15) is 32.8 Å². The first-order chi connectivity index (χ1) is 7.22. The van der Waals surface area contributed by atoms with E-state index in [0.29, 0.717) is 18.7 Å². The SMILES string of the molecule is CC.CCC(=O)OCc1ccc(N)cc1. The van der Waals surface area contributed by atoms with Gasteiger partial charge in [-0.2, -0.15) is 0 Å². The summed E-state index contributed by atoms with van der Waals surface area (Å²) in [4.78, 5) is 10.8. The van der Waals surface area contributed by atoms with Crippen LogP contribution in [0.4, 0.5) is 5.69 Å². The summed E-state index contributed by atoms with van der Waals surface area (Å²) in [5, 5.41) is 0. The topological polar surface area (TPSA) is 52.3 Å². The van der Waals surface area contributed by atoms with Gasteiger partial charge in [-0.15, -0.1) is 0 Å². The normalized spacial score (nSPS) is 8.73. The number of anilines is 1. The van der Waals surface area contributed by atoms with Gasteiger partial charge in [0.1, 0.15) is 6.61 Å². The highest BCUT2D eigenvalue weighted by Crippen LogP contribution is 2.06. The van der Waals surface area contributed by atoms with E-state index < -0.39 is 0 Å². The monoisotopic (exact) mass is 209 g/mol. The zero-order chi connectivity index (χ0) is 11.7. The lowest BCUT2D eigenvalue weighted by Gasteiger charge is -2.03. The molecule has 15 heavy (non-hydrogen) atoms. The molecule has 0 heterocycles. The smallest absolute Gasteiger partial charge is 0.305 e. The van der Waals surface area contributed by atoms with E-state index in [9.17, 15) is 4.79 Å². The number of benzene rings is 1. The maximum absolute atomic E-state index is 10.8. The Hall–Kier alpha value is -1.51. The van der Waals surface area contributed by atoms with E-state index in [1.807, 2.05) is 26.0 Å². The Labute approximate surface area is 91.2 Å². The van der Waals surface area contributed by atoms with Gasteiger partial charge in [0.25, 0.3) is 0 Å². The first-order valence-corrected chi connectivity index (χ1v) is 5.22. The van der Waals surface area contributed by atoms with Gasteiger partial charge in [0.15, 0.2) is 0 Å². The third kappa shape index (κ3) is 5.73. The highest BCUT2D eigenvalue weighted by molar-refractivity contribution is 5.68. The highest BCUT2D eigenvalue weighted by Gasteiger charge is 1.98. The first-order valence-electron chi connectivity index (χ1n) is 5.22. The number of ether oxygens (including phenoxy) is 1. The summed E-state index contributed by atoms with van der Waals surface area (Å²) < 4.78 is 4.94. The van der Waals surface area contributed by atoms with Gasteiger partial charge in [0.2, 0.25) is 0 Å². The first kappa shape index (κ1) is 13.5. The molecule has 0 aliphatic carbocycles. The number of carbonyl (C=O) groups excluding carboxylic acids is 1. The molecule has 0 spiro atoms. The van der Waals surface area contributed by atoms with Crippen molar-refractivity contribution in [1.82, 2.24) is 0 Å². The number of nitrogens with two attached hydrogens (primary N) is 1. The molecule has 0 aliphatic rings. The van der Waals surface area contributed by atoms with Crippen molar-refractivity contribution in [3.63, 3.8) is 0 Å². The molecule has 84 valence electrons. The average molecular weight is 209 g/mol. The molecule has 3 nitrogen and oxygen atoms in total. The predicted octanol–water partition coefficient (Wildman–Crippen LogP) is 2.75. The zero-order valence-corrected chi connectivity index (χ0v) is 9.62. The summed E-state index contributed by atoms with van der Waals surface area (Å²) >= 11 is 0. The molecule has 3 heteroatoms. The van der Waals surface area contributed by atoms with E-state index >= 15 is 0 Å². The molecule has 0 aliphatic heterocycles. The summed E-state index contributed by atoms with van der Waals surface area (Å²) in [7, 11) is 0. The molecule has 0 atom stereocenters. The Bertz CT molecular complexity index is 280. The quantitative estimate of drug-likeness (QED) is 0.615. The summed E-state index contributed by atoms with van der Waals surface area (Å²) in [6.07, 6.45) is 0.412. The Balaban J connectivity index is 0.000000921. The van der Waals surface area contributed by atoms with Crippen molar-refractivity contribution in [3.05, 3.63) is 29.8 Å². The second-order valence-electron chi connectivity index (χ2n) is 2.76. The third-order valence-corrected chi connectivity index (χ3v) is 1.67. The van der Waals surface area contributed by atoms with Crippen LogP contribution in [0.3, 0.4) is 0 Å². The molecular formula is C12H19NO2. The molecule has 2 N–H and O–H groups in total. The third-order valence-electron chi connectivity index (χ3n) is 1.67. The van der Waals surface area contributed by atoms with E-state index in [1.54, 1.807) is 19.1 Å². The van der Waals surface area contributed by atoms with Gasteiger partial charge in [-0.05, 0) is 17.7 Å². The van der Waals surface area contributed by atoms with Gasteiger partial charge in [-0.3, -0.25) is 4.79 Å². The molecule has 0 bridgehead atoms. The van der Waals surface area contributed by atoms with E-state index in [1.165, 1.54) is 0 Å². The van der Waals surface area contributed by atoms with Crippen LogP contribution in [-0.4, -0.2) is 5.97 Å². The molecule has 0 unspecified atom stereocenters. The fourth-order valence-electron chi connectivity index (χ4n) is 0.880. The molecule has 1 rings (SSSR count). The minimum atomic E-state index is -0.183. The fourth-order valence-corrected chi connectivity index (χ4v) is 0.880. The standard InChI is InChI=1S/C10H13NO2.C2H6/c1-2-10(12)13-7-8-3-5-9(11)6-4-8;1-2/h3-6H,2,7,11H2,1H3;1-2H3. The van der Waals surface area contributed by atoms with Crippen molar-refractivity contribution < 1.29 is 9.53 Å². The molecule has 0 fully saturated rings. The van der Waals surface area contributed by atoms with Crippen molar-refractivity contribution in [1.29, 1.82) is 0 Å². The molecule has 0 saturated carbocycles. The van der Waals surface area contributed by atoms with Gasteiger partial charge in [-0.25, -0.2) is 0 Å². The van der Waals surface area contributed by atoms with Gasteiger partial charge in [0.05, 0.1) is 0 Å². The minimum Gasteiger partial charge on any atom is -0.461 e. The molecule has 1 aromatic rings. The number of esters is 1. The van der Waals surface area contributed by atoms with Crippen LogP contribution in [0.25, 0.3) is 0 Å². The summed E-state index contributed by atoms with van der Waals surface area (Å²) in [5.74, 6) is -0.183. The van der Waals surface area contributed by atoms with E-state index in [2.05, 4.69) is 0 Å². The summed E-state index contributed by atoms with van der Waals surface area (Å²) in [6, 6.07) is 7.26. The van der Waals surface area contributed by atoms with Crippen LogP contribution in [0.15, 0.2) is 24.3 Å². The summed E-state index contributed by atoms with van der Waals surface area (Å²) in [5.41, 5.74) is 7.17. The van der Waals surface area contributed by atoms with Gasteiger partial charge in [-0.1, -0.05) is 32.9 Å². The average Bonchev–Trinajstić information content (AvgIpc) is 2.30. The molecule has 1 aromatic carbocycles. The maximum Gasteiger partial charge on any atom is 0.305 e. The largest absolute Gasteiger partial charge is 0.461 e. The molecule has 0 aromatic heterocycles.